The van der Waals surface area contributed by atoms with Gasteiger partial charge in [-0.05, 0) is 46.0 Å². The second-order valence-corrected chi connectivity index (χ2v) is 14.5. The van der Waals surface area contributed by atoms with Crippen LogP contribution in [0.3, 0.4) is 0 Å². The first-order valence-corrected chi connectivity index (χ1v) is 18.5. The van der Waals surface area contributed by atoms with E-state index in [1.807, 2.05) is 104 Å². The molecule has 2 aliphatic heterocycles. The summed E-state index contributed by atoms with van der Waals surface area (Å²) in [6, 6.07) is 51.3. The average molecular weight is 711 g/mol. The number of rotatable bonds is 6. The Morgan fingerprint density at radius 3 is 1.70 bits per heavy atom. The molecule has 54 heavy (non-hydrogen) atoms. The van der Waals surface area contributed by atoms with Gasteiger partial charge in [0, 0.05) is 47.8 Å². The molecule has 0 aromatic heterocycles. The molecule has 1 aliphatic carbocycles. The van der Waals surface area contributed by atoms with E-state index < -0.39 is 5.92 Å². The zero-order chi connectivity index (χ0) is 37.0. The minimum Gasteiger partial charge on any atom is -0.352 e. The molecule has 0 spiro atoms. The van der Waals surface area contributed by atoms with Gasteiger partial charge < -0.3 is 9.80 Å². The van der Waals surface area contributed by atoms with Gasteiger partial charge in [-0.2, -0.15) is 8.78 Å². The SMILES string of the molecule is CC1C(c2ccc3c(c2)C(F)(F)c2cc(C4=CC(c5ccccc5)N(C)C(c5ccccc5)=N4)ccc2-3)N=C(c2ccccc2)N(C)C1c1ccccc1. The first-order chi connectivity index (χ1) is 26.3. The topological polar surface area (TPSA) is 31.2 Å². The highest BCUT2D eigenvalue weighted by atomic mass is 19.3. The molecule has 4 atom stereocenters. The summed E-state index contributed by atoms with van der Waals surface area (Å²) in [4.78, 5) is 14.8. The summed E-state index contributed by atoms with van der Waals surface area (Å²) in [5.74, 6) is -1.55. The highest BCUT2D eigenvalue weighted by Crippen LogP contribution is 2.53. The Morgan fingerprint density at radius 2 is 1.07 bits per heavy atom. The van der Waals surface area contributed by atoms with Crippen molar-refractivity contribution in [3.05, 3.63) is 208 Å². The molecular weight excluding hydrogens is 671 g/mol. The highest BCUT2D eigenvalue weighted by molar-refractivity contribution is 6.03. The summed E-state index contributed by atoms with van der Waals surface area (Å²) < 4.78 is 33.8. The van der Waals surface area contributed by atoms with Crippen LogP contribution in [0.1, 0.15) is 69.6 Å². The van der Waals surface area contributed by atoms with E-state index in [0.717, 1.165) is 33.9 Å². The lowest BCUT2D eigenvalue weighted by Crippen LogP contribution is -2.41. The van der Waals surface area contributed by atoms with E-state index in [-0.39, 0.29) is 35.2 Å². The lowest BCUT2D eigenvalue weighted by atomic mass is 9.81. The minimum atomic E-state index is -3.20. The lowest BCUT2D eigenvalue weighted by molar-refractivity contribution is 0.0478. The third-order valence-electron chi connectivity index (χ3n) is 11.3. The number of benzene rings is 6. The summed E-state index contributed by atoms with van der Waals surface area (Å²) in [7, 11) is 4.11. The maximum absolute atomic E-state index is 16.9. The molecule has 0 saturated carbocycles. The van der Waals surface area contributed by atoms with Crippen LogP contribution >= 0.6 is 0 Å². The number of hydrogen-bond donors (Lipinski definition) is 0. The molecule has 0 N–H and O–H groups in total. The van der Waals surface area contributed by atoms with Crippen molar-refractivity contribution < 1.29 is 8.78 Å². The Labute approximate surface area is 315 Å². The van der Waals surface area contributed by atoms with Gasteiger partial charge in [0.1, 0.15) is 11.7 Å². The fourth-order valence-electron chi connectivity index (χ4n) is 8.61. The van der Waals surface area contributed by atoms with Crippen molar-refractivity contribution in [1.82, 2.24) is 9.80 Å². The molecule has 2 heterocycles. The Balaban J connectivity index is 1.11. The van der Waals surface area contributed by atoms with Crippen LogP contribution in [0.25, 0.3) is 16.8 Å². The lowest BCUT2D eigenvalue weighted by Gasteiger charge is -2.43. The number of nitrogens with zero attached hydrogens (tertiary/aromatic N) is 4. The van der Waals surface area contributed by atoms with E-state index in [1.165, 1.54) is 5.56 Å². The minimum absolute atomic E-state index is 0.00119. The Morgan fingerprint density at radius 1 is 0.537 bits per heavy atom. The quantitative estimate of drug-likeness (QED) is 0.172. The maximum Gasteiger partial charge on any atom is 0.299 e. The third kappa shape index (κ3) is 5.65. The zero-order valence-corrected chi connectivity index (χ0v) is 30.4. The van der Waals surface area contributed by atoms with Gasteiger partial charge in [-0.3, -0.25) is 4.99 Å². The van der Waals surface area contributed by atoms with Crippen molar-refractivity contribution in [2.45, 2.75) is 31.0 Å². The van der Waals surface area contributed by atoms with Crippen LogP contribution in [0.2, 0.25) is 0 Å². The van der Waals surface area contributed by atoms with Crippen LogP contribution in [0.4, 0.5) is 8.78 Å². The fraction of sp³-hybridized carbons (Fsp3) is 0.167. The summed E-state index contributed by atoms with van der Waals surface area (Å²) in [5.41, 5.74) is 7.51. The maximum atomic E-state index is 16.9. The molecule has 3 aliphatic rings. The van der Waals surface area contributed by atoms with Gasteiger partial charge in [0.15, 0.2) is 0 Å². The number of fused-ring (bicyclic) bond motifs is 3. The third-order valence-corrected chi connectivity index (χ3v) is 11.3. The molecule has 0 radical (unpaired) electrons. The van der Waals surface area contributed by atoms with Gasteiger partial charge in [0.05, 0.1) is 23.8 Å². The number of alkyl halides is 2. The van der Waals surface area contributed by atoms with Crippen LogP contribution in [0.15, 0.2) is 174 Å². The van der Waals surface area contributed by atoms with Crippen LogP contribution in [-0.4, -0.2) is 35.6 Å². The first-order valence-electron chi connectivity index (χ1n) is 18.5. The van der Waals surface area contributed by atoms with Gasteiger partial charge >= 0.3 is 0 Å². The Hall–Kier alpha value is -6.14. The summed E-state index contributed by atoms with van der Waals surface area (Å²) in [6.07, 6.45) is 2.08. The largest absolute Gasteiger partial charge is 0.352 e. The molecule has 4 nitrogen and oxygen atoms in total. The Bertz CT molecular complexity index is 2420. The molecule has 6 heteroatoms. The zero-order valence-electron chi connectivity index (χ0n) is 30.4. The number of aliphatic imine (C=N–C) groups is 2. The molecule has 0 amide bonds. The van der Waals surface area contributed by atoms with Crippen molar-refractivity contribution in [2.75, 3.05) is 14.1 Å². The number of amidine groups is 2. The standard InChI is InChI=1S/C48H40F2N4/c1-31-44(52-47(35-22-14-7-15-23-35)54(3)45(31)33-18-10-5-11-19-33)37-25-27-39-38-26-24-36(28-40(38)48(49,50)41(39)29-37)42-30-43(32-16-8-4-9-17-32)53(2)46(51-42)34-20-12-6-13-21-34/h4-31,43-45H,1-3H3. The van der Waals surface area contributed by atoms with Crippen LogP contribution in [-0.2, 0) is 5.92 Å². The molecule has 6 aromatic rings. The van der Waals surface area contributed by atoms with Crippen molar-refractivity contribution >= 4 is 17.4 Å². The average Bonchev–Trinajstić information content (AvgIpc) is 3.44. The summed E-state index contributed by atoms with van der Waals surface area (Å²) in [6.45, 7) is 2.18. The first kappa shape index (κ1) is 33.7. The monoisotopic (exact) mass is 710 g/mol. The molecule has 0 fully saturated rings. The molecule has 0 bridgehead atoms. The molecule has 4 unspecified atom stereocenters. The fourth-order valence-corrected chi connectivity index (χ4v) is 8.61. The second-order valence-electron chi connectivity index (χ2n) is 14.5. The van der Waals surface area contributed by atoms with E-state index in [2.05, 4.69) is 78.4 Å². The normalized spacial score (nSPS) is 21.5. The van der Waals surface area contributed by atoms with Crippen LogP contribution in [0.5, 0.6) is 0 Å². The predicted molar refractivity (Wildman–Crippen MR) is 215 cm³/mol. The van der Waals surface area contributed by atoms with Gasteiger partial charge in [-0.1, -0.05) is 153 Å². The van der Waals surface area contributed by atoms with Crippen molar-refractivity contribution in [1.29, 1.82) is 0 Å². The number of hydrogen-bond acceptors (Lipinski definition) is 4. The van der Waals surface area contributed by atoms with Crippen molar-refractivity contribution in [3.63, 3.8) is 0 Å². The van der Waals surface area contributed by atoms with Crippen molar-refractivity contribution in [3.8, 4) is 11.1 Å². The van der Waals surface area contributed by atoms with Gasteiger partial charge in [-0.15, -0.1) is 0 Å². The Kier molecular flexibility index (Phi) is 8.34. The molecule has 9 rings (SSSR count). The van der Waals surface area contributed by atoms with Gasteiger partial charge in [0.2, 0.25) is 0 Å². The second kappa shape index (κ2) is 13.4. The predicted octanol–water partition coefficient (Wildman–Crippen LogP) is 11.1. The smallest absolute Gasteiger partial charge is 0.299 e. The van der Waals surface area contributed by atoms with E-state index in [0.29, 0.717) is 22.4 Å². The number of halogens is 2. The van der Waals surface area contributed by atoms with E-state index in [1.54, 1.807) is 12.1 Å². The van der Waals surface area contributed by atoms with Crippen molar-refractivity contribution in [2.24, 2.45) is 15.9 Å². The van der Waals surface area contributed by atoms with Gasteiger partial charge in [0.25, 0.3) is 5.92 Å². The van der Waals surface area contributed by atoms with Crippen LogP contribution < -0.4 is 0 Å². The molecule has 6 aromatic carbocycles. The summed E-state index contributed by atoms with van der Waals surface area (Å²) in [5, 5.41) is 0. The van der Waals surface area contributed by atoms with E-state index in [4.69, 9.17) is 9.98 Å². The molecule has 266 valence electrons. The molecule has 0 saturated heterocycles. The number of likely N-dealkylation sites (N-methyl/N-ethyl adjacent to an activating group) is 1. The summed E-state index contributed by atoms with van der Waals surface area (Å²) >= 11 is 0. The van der Waals surface area contributed by atoms with E-state index >= 15 is 8.78 Å². The van der Waals surface area contributed by atoms with E-state index in [9.17, 15) is 0 Å². The van der Waals surface area contributed by atoms with Crippen LogP contribution in [0, 0.1) is 5.92 Å². The highest BCUT2D eigenvalue weighted by Gasteiger charge is 2.46. The van der Waals surface area contributed by atoms with Gasteiger partial charge in [-0.25, -0.2) is 4.99 Å². The molecular formula is C48H40F2N4.